The predicted octanol–water partition coefficient (Wildman–Crippen LogP) is 3.80. The Morgan fingerprint density at radius 2 is 2.18 bits per heavy atom. The molecule has 0 aliphatic carbocycles. The van der Waals surface area contributed by atoms with Gasteiger partial charge in [0.15, 0.2) is 11.6 Å². The Kier molecular flexibility index (Phi) is 2.78. The zero-order chi connectivity index (χ0) is 11.8. The number of hydrogen-bond acceptors (Lipinski definition) is 2. The number of benzene rings is 1. The minimum atomic E-state index is -0.856. The Morgan fingerprint density at radius 3 is 2.94 bits per heavy atom. The summed E-state index contributed by atoms with van der Waals surface area (Å²) in [6, 6.07) is 2.67. The smallest absolute Gasteiger partial charge is 0.186 e. The van der Waals surface area contributed by atoms with Gasteiger partial charge in [-0.3, -0.25) is 0 Å². The van der Waals surface area contributed by atoms with E-state index in [1.807, 2.05) is 11.8 Å². The predicted molar refractivity (Wildman–Crippen MR) is 65.1 cm³/mol. The molecule has 1 fully saturated rings. The first-order valence-corrected chi connectivity index (χ1v) is 6.76. The SMILES string of the molecule is Fc1ccc2[nH]c(C3CCCCS3)nc2c1F. The molecule has 17 heavy (non-hydrogen) atoms. The van der Waals surface area contributed by atoms with Gasteiger partial charge in [-0.15, -0.1) is 0 Å². The van der Waals surface area contributed by atoms with Crippen molar-refractivity contribution in [3.63, 3.8) is 0 Å². The normalized spacial score (nSPS) is 20.9. The number of nitrogens with zero attached hydrogens (tertiary/aromatic N) is 1. The summed E-state index contributed by atoms with van der Waals surface area (Å²) in [6.07, 6.45) is 3.45. The van der Waals surface area contributed by atoms with Crippen molar-refractivity contribution >= 4 is 22.8 Å². The molecule has 0 radical (unpaired) electrons. The zero-order valence-corrected chi connectivity index (χ0v) is 9.99. The molecule has 3 rings (SSSR count). The zero-order valence-electron chi connectivity index (χ0n) is 9.17. The maximum Gasteiger partial charge on any atom is 0.186 e. The molecule has 1 N–H and O–H groups in total. The van der Waals surface area contributed by atoms with Crippen molar-refractivity contribution in [2.24, 2.45) is 0 Å². The van der Waals surface area contributed by atoms with Crippen molar-refractivity contribution in [2.75, 3.05) is 5.75 Å². The molecule has 1 aromatic heterocycles. The van der Waals surface area contributed by atoms with Crippen molar-refractivity contribution < 1.29 is 8.78 Å². The van der Waals surface area contributed by atoms with Crippen LogP contribution in [-0.4, -0.2) is 15.7 Å². The number of H-pyrrole nitrogens is 1. The van der Waals surface area contributed by atoms with Gasteiger partial charge in [0.1, 0.15) is 11.3 Å². The molecule has 1 unspecified atom stereocenters. The first-order chi connectivity index (χ1) is 8.25. The molecule has 0 spiro atoms. The van der Waals surface area contributed by atoms with Gasteiger partial charge in [-0.1, -0.05) is 6.42 Å². The van der Waals surface area contributed by atoms with Crippen LogP contribution >= 0.6 is 11.8 Å². The molecule has 1 aromatic carbocycles. The molecular formula is C12H12F2N2S. The molecule has 0 bridgehead atoms. The second-order valence-electron chi connectivity index (χ2n) is 4.23. The molecule has 1 aliphatic rings. The number of imidazole rings is 1. The summed E-state index contributed by atoms with van der Waals surface area (Å²) in [6.45, 7) is 0. The lowest BCUT2D eigenvalue weighted by Gasteiger charge is -2.18. The van der Waals surface area contributed by atoms with E-state index in [1.54, 1.807) is 0 Å². The number of rotatable bonds is 1. The van der Waals surface area contributed by atoms with Gasteiger partial charge in [0.25, 0.3) is 0 Å². The third-order valence-electron chi connectivity index (χ3n) is 3.05. The summed E-state index contributed by atoms with van der Waals surface area (Å²) in [5.74, 6) is 0.185. The number of nitrogens with one attached hydrogen (secondary N) is 1. The van der Waals surface area contributed by atoms with Gasteiger partial charge >= 0.3 is 0 Å². The van der Waals surface area contributed by atoms with Crippen LogP contribution in [0.15, 0.2) is 12.1 Å². The quantitative estimate of drug-likeness (QED) is 0.838. The average Bonchev–Trinajstić information content (AvgIpc) is 2.80. The highest BCUT2D eigenvalue weighted by atomic mass is 32.2. The second-order valence-corrected chi connectivity index (χ2v) is 5.55. The van der Waals surface area contributed by atoms with Crippen LogP contribution in [0.25, 0.3) is 11.0 Å². The monoisotopic (exact) mass is 254 g/mol. The number of aromatic amines is 1. The minimum absolute atomic E-state index is 0.117. The molecule has 90 valence electrons. The van der Waals surface area contributed by atoms with Gasteiger partial charge in [-0.25, -0.2) is 13.8 Å². The fraction of sp³-hybridized carbons (Fsp3) is 0.417. The van der Waals surface area contributed by atoms with E-state index in [0.717, 1.165) is 24.1 Å². The lowest BCUT2D eigenvalue weighted by molar-refractivity contribution is 0.515. The molecule has 5 heteroatoms. The van der Waals surface area contributed by atoms with Gasteiger partial charge in [0.2, 0.25) is 0 Å². The summed E-state index contributed by atoms with van der Waals surface area (Å²) in [4.78, 5) is 7.30. The third-order valence-corrected chi connectivity index (χ3v) is 4.43. The second kappa shape index (κ2) is 4.29. The molecular weight excluding hydrogens is 242 g/mol. The number of hydrogen-bond donors (Lipinski definition) is 1. The number of aromatic nitrogens is 2. The van der Waals surface area contributed by atoms with Crippen molar-refractivity contribution in [3.05, 3.63) is 29.6 Å². The molecule has 1 aliphatic heterocycles. The van der Waals surface area contributed by atoms with Crippen molar-refractivity contribution in [2.45, 2.75) is 24.5 Å². The summed E-state index contributed by atoms with van der Waals surface area (Å²) in [5.41, 5.74) is 0.691. The van der Waals surface area contributed by atoms with Crippen LogP contribution in [0.4, 0.5) is 8.78 Å². The van der Waals surface area contributed by atoms with Crippen LogP contribution < -0.4 is 0 Å². The fourth-order valence-corrected chi connectivity index (χ4v) is 3.40. The van der Waals surface area contributed by atoms with Crippen molar-refractivity contribution in [3.8, 4) is 0 Å². The first kappa shape index (κ1) is 11.0. The van der Waals surface area contributed by atoms with E-state index in [9.17, 15) is 8.78 Å². The van der Waals surface area contributed by atoms with Crippen LogP contribution in [0, 0.1) is 11.6 Å². The average molecular weight is 254 g/mol. The Hall–Kier alpha value is -1.10. The van der Waals surface area contributed by atoms with Crippen LogP contribution in [0.3, 0.4) is 0 Å². The van der Waals surface area contributed by atoms with Gasteiger partial charge < -0.3 is 4.98 Å². The lowest BCUT2D eigenvalue weighted by atomic mass is 10.2. The number of halogens is 2. The van der Waals surface area contributed by atoms with E-state index in [1.165, 1.54) is 18.9 Å². The van der Waals surface area contributed by atoms with E-state index in [-0.39, 0.29) is 5.52 Å². The lowest BCUT2D eigenvalue weighted by Crippen LogP contribution is -2.03. The highest BCUT2D eigenvalue weighted by Crippen LogP contribution is 2.37. The Morgan fingerprint density at radius 1 is 1.29 bits per heavy atom. The molecule has 2 heterocycles. The summed E-state index contributed by atoms with van der Waals surface area (Å²) < 4.78 is 26.6. The molecule has 0 amide bonds. The van der Waals surface area contributed by atoms with Gasteiger partial charge in [-0.2, -0.15) is 11.8 Å². The highest BCUT2D eigenvalue weighted by Gasteiger charge is 2.21. The van der Waals surface area contributed by atoms with Crippen LogP contribution in [0.5, 0.6) is 0 Å². The summed E-state index contributed by atoms with van der Waals surface area (Å²) >= 11 is 1.83. The van der Waals surface area contributed by atoms with Crippen LogP contribution in [0.1, 0.15) is 30.3 Å². The maximum atomic E-state index is 13.5. The Labute approximate surface area is 102 Å². The Balaban J connectivity index is 2.04. The molecule has 2 nitrogen and oxygen atoms in total. The highest BCUT2D eigenvalue weighted by molar-refractivity contribution is 7.99. The Bertz CT molecular complexity index is 547. The van der Waals surface area contributed by atoms with Crippen molar-refractivity contribution in [1.82, 2.24) is 9.97 Å². The van der Waals surface area contributed by atoms with Gasteiger partial charge in [0.05, 0.1) is 10.8 Å². The van der Waals surface area contributed by atoms with E-state index >= 15 is 0 Å². The maximum absolute atomic E-state index is 13.5. The van der Waals surface area contributed by atoms with E-state index in [4.69, 9.17) is 0 Å². The molecule has 0 saturated carbocycles. The van der Waals surface area contributed by atoms with E-state index < -0.39 is 11.6 Å². The van der Waals surface area contributed by atoms with E-state index in [2.05, 4.69) is 9.97 Å². The molecule has 1 atom stereocenters. The van der Waals surface area contributed by atoms with E-state index in [0.29, 0.717) is 10.8 Å². The fourth-order valence-electron chi connectivity index (χ4n) is 2.15. The number of fused-ring (bicyclic) bond motifs is 1. The van der Waals surface area contributed by atoms with Gasteiger partial charge in [-0.05, 0) is 30.7 Å². The minimum Gasteiger partial charge on any atom is -0.341 e. The largest absolute Gasteiger partial charge is 0.341 e. The first-order valence-electron chi connectivity index (χ1n) is 5.71. The van der Waals surface area contributed by atoms with Crippen LogP contribution in [0.2, 0.25) is 0 Å². The molecule has 1 saturated heterocycles. The molecule has 2 aromatic rings. The van der Waals surface area contributed by atoms with Crippen LogP contribution in [-0.2, 0) is 0 Å². The third kappa shape index (κ3) is 1.92. The summed E-state index contributed by atoms with van der Waals surface area (Å²) in [5, 5.41) is 0.290. The summed E-state index contributed by atoms with van der Waals surface area (Å²) in [7, 11) is 0. The van der Waals surface area contributed by atoms with Gasteiger partial charge in [0, 0.05) is 0 Å². The topological polar surface area (TPSA) is 28.7 Å². The van der Waals surface area contributed by atoms with Crippen molar-refractivity contribution in [1.29, 1.82) is 0 Å². The standard InChI is InChI=1S/C12H12F2N2S/c13-7-4-5-8-11(10(7)14)16-12(15-8)9-3-1-2-6-17-9/h4-5,9H,1-3,6H2,(H,15,16). The number of thioether (sulfide) groups is 1.